The van der Waals surface area contributed by atoms with E-state index in [0.717, 1.165) is 29.2 Å². The quantitative estimate of drug-likeness (QED) is 0.700. The molecule has 0 amide bonds. The first kappa shape index (κ1) is 14.9. The Labute approximate surface area is 132 Å². The topological polar surface area (TPSA) is 77.8 Å². The van der Waals surface area contributed by atoms with Crippen LogP contribution in [0.3, 0.4) is 0 Å². The molecule has 0 fully saturated rings. The Hall–Kier alpha value is -2.02. The van der Waals surface area contributed by atoms with Crippen LogP contribution in [0.5, 0.6) is 0 Å². The number of aromatic nitrogens is 4. The fourth-order valence-electron chi connectivity index (χ4n) is 2.05. The van der Waals surface area contributed by atoms with Crippen LogP contribution in [0, 0.1) is 6.92 Å². The molecule has 0 atom stereocenters. The number of hydrogen-bond donors (Lipinski definition) is 0. The summed E-state index contributed by atoms with van der Waals surface area (Å²) in [5, 5.41) is 7.00. The molecule has 0 unspecified atom stereocenters. The molecule has 3 aromatic rings. The fraction of sp³-hybridized carbons (Fsp3) is 0.467. The molecule has 22 heavy (non-hydrogen) atoms. The monoisotopic (exact) mass is 318 g/mol. The van der Waals surface area contributed by atoms with Crippen LogP contribution in [0.1, 0.15) is 49.7 Å². The molecular formula is C15H18N4O2S. The molecule has 0 N–H and O–H groups in total. The highest BCUT2D eigenvalue weighted by Crippen LogP contribution is 2.28. The van der Waals surface area contributed by atoms with Crippen molar-refractivity contribution in [2.75, 3.05) is 0 Å². The van der Waals surface area contributed by atoms with Gasteiger partial charge in [-0.05, 0) is 13.3 Å². The standard InChI is InChI=1S/C15H18N4O2S/c1-5-6-11-16-9(4)12(20-11)14-18-13(19-21-14)10-7-22-15(17-10)8(2)3/h7-8H,5-6H2,1-4H3. The van der Waals surface area contributed by atoms with Gasteiger partial charge in [-0.25, -0.2) is 9.97 Å². The van der Waals surface area contributed by atoms with Gasteiger partial charge < -0.3 is 8.94 Å². The third kappa shape index (κ3) is 2.81. The average Bonchev–Trinajstić information content (AvgIpc) is 3.16. The summed E-state index contributed by atoms with van der Waals surface area (Å²) >= 11 is 1.60. The van der Waals surface area contributed by atoms with Crippen molar-refractivity contribution in [3.05, 3.63) is 22.0 Å². The molecule has 0 aliphatic rings. The van der Waals surface area contributed by atoms with E-state index in [9.17, 15) is 0 Å². The lowest BCUT2D eigenvalue weighted by Crippen LogP contribution is -1.86. The summed E-state index contributed by atoms with van der Waals surface area (Å²) in [6.45, 7) is 8.18. The van der Waals surface area contributed by atoms with Crippen molar-refractivity contribution in [3.63, 3.8) is 0 Å². The van der Waals surface area contributed by atoms with Crippen molar-refractivity contribution in [1.29, 1.82) is 0 Å². The van der Waals surface area contributed by atoms with Crippen LogP contribution in [0.25, 0.3) is 23.2 Å². The summed E-state index contributed by atoms with van der Waals surface area (Å²) in [6.07, 6.45) is 1.77. The molecule has 3 heterocycles. The third-order valence-corrected chi connectivity index (χ3v) is 4.32. The molecule has 3 aromatic heterocycles. The van der Waals surface area contributed by atoms with Crippen molar-refractivity contribution in [3.8, 4) is 23.2 Å². The minimum Gasteiger partial charge on any atom is -0.435 e. The second-order valence-electron chi connectivity index (χ2n) is 5.42. The van der Waals surface area contributed by atoms with E-state index in [4.69, 9.17) is 8.94 Å². The van der Waals surface area contributed by atoms with E-state index in [1.165, 1.54) is 0 Å². The minimum atomic E-state index is 0.349. The van der Waals surface area contributed by atoms with Gasteiger partial charge in [0.2, 0.25) is 11.6 Å². The van der Waals surface area contributed by atoms with Crippen molar-refractivity contribution in [1.82, 2.24) is 20.1 Å². The van der Waals surface area contributed by atoms with Crippen LogP contribution in [0.15, 0.2) is 14.3 Å². The lowest BCUT2D eigenvalue weighted by Gasteiger charge is -1.95. The van der Waals surface area contributed by atoms with Crippen LogP contribution in [0.4, 0.5) is 0 Å². The lowest BCUT2D eigenvalue weighted by atomic mass is 10.2. The molecule has 0 radical (unpaired) electrons. The number of rotatable bonds is 5. The normalized spacial score (nSPS) is 11.5. The summed E-state index contributed by atoms with van der Waals surface area (Å²) in [7, 11) is 0. The first-order valence-corrected chi connectivity index (χ1v) is 8.22. The highest BCUT2D eigenvalue weighted by atomic mass is 32.1. The maximum atomic E-state index is 5.71. The predicted molar refractivity (Wildman–Crippen MR) is 83.7 cm³/mol. The summed E-state index contributed by atoms with van der Waals surface area (Å²) in [5.41, 5.74) is 1.49. The molecule has 0 bridgehead atoms. The van der Waals surface area contributed by atoms with Gasteiger partial charge in [0.15, 0.2) is 5.89 Å². The minimum absolute atomic E-state index is 0.349. The van der Waals surface area contributed by atoms with E-state index in [1.807, 2.05) is 12.3 Å². The lowest BCUT2D eigenvalue weighted by molar-refractivity contribution is 0.409. The maximum absolute atomic E-state index is 5.71. The van der Waals surface area contributed by atoms with E-state index < -0.39 is 0 Å². The van der Waals surface area contributed by atoms with Gasteiger partial charge in [-0.1, -0.05) is 25.9 Å². The Kier molecular flexibility index (Phi) is 4.06. The average molecular weight is 318 g/mol. The van der Waals surface area contributed by atoms with Crippen molar-refractivity contribution < 1.29 is 8.94 Å². The highest BCUT2D eigenvalue weighted by Gasteiger charge is 2.20. The largest absolute Gasteiger partial charge is 0.435 e. The fourth-order valence-corrected chi connectivity index (χ4v) is 2.86. The summed E-state index contributed by atoms with van der Waals surface area (Å²) in [4.78, 5) is 13.3. The van der Waals surface area contributed by atoms with Gasteiger partial charge in [0.25, 0.3) is 5.89 Å². The van der Waals surface area contributed by atoms with E-state index in [1.54, 1.807) is 11.3 Å². The Morgan fingerprint density at radius 1 is 1.23 bits per heavy atom. The zero-order chi connectivity index (χ0) is 15.7. The second-order valence-corrected chi connectivity index (χ2v) is 6.31. The van der Waals surface area contributed by atoms with Gasteiger partial charge in [-0.2, -0.15) is 4.98 Å². The molecule has 6 nitrogen and oxygen atoms in total. The molecule has 0 aromatic carbocycles. The summed E-state index contributed by atoms with van der Waals surface area (Å²) in [5.74, 6) is 2.46. The molecule has 0 saturated carbocycles. The Bertz CT molecular complexity index is 772. The van der Waals surface area contributed by atoms with Crippen LogP contribution in [-0.4, -0.2) is 20.1 Å². The molecule has 0 spiro atoms. The van der Waals surface area contributed by atoms with Crippen molar-refractivity contribution >= 4 is 11.3 Å². The zero-order valence-electron chi connectivity index (χ0n) is 13.1. The van der Waals surface area contributed by atoms with Crippen LogP contribution < -0.4 is 0 Å². The molecular weight excluding hydrogens is 300 g/mol. The summed E-state index contributed by atoms with van der Waals surface area (Å²) < 4.78 is 11.0. The van der Waals surface area contributed by atoms with Crippen LogP contribution in [0.2, 0.25) is 0 Å². The Balaban J connectivity index is 1.89. The van der Waals surface area contributed by atoms with E-state index >= 15 is 0 Å². The van der Waals surface area contributed by atoms with Gasteiger partial charge in [0, 0.05) is 17.7 Å². The van der Waals surface area contributed by atoms with Crippen LogP contribution in [-0.2, 0) is 6.42 Å². The number of nitrogens with zero attached hydrogens (tertiary/aromatic N) is 4. The van der Waals surface area contributed by atoms with Gasteiger partial charge in [0.05, 0.1) is 10.7 Å². The first-order valence-electron chi connectivity index (χ1n) is 7.34. The third-order valence-electron chi connectivity index (χ3n) is 3.17. The Morgan fingerprint density at radius 2 is 2.05 bits per heavy atom. The molecule has 0 saturated heterocycles. The second kappa shape index (κ2) is 6.00. The molecule has 3 rings (SSSR count). The predicted octanol–water partition coefficient (Wildman–Crippen LogP) is 4.23. The first-order chi connectivity index (χ1) is 10.6. The number of hydrogen-bond acceptors (Lipinski definition) is 7. The van der Waals surface area contributed by atoms with Gasteiger partial charge >= 0.3 is 0 Å². The zero-order valence-corrected chi connectivity index (χ0v) is 13.9. The van der Waals surface area contributed by atoms with Crippen molar-refractivity contribution in [2.45, 2.75) is 46.5 Å². The SMILES string of the molecule is CCCc1nc(C)c(-c2nc(-c3csc(C(C)C)n3)no2)o1. The molecule has 0 aliphatic carbocycles. The molecule has 0 aliphatic heterocycles. The van der Waals surface area contributed by atoms with Crippen LogP contribution >= 0.6 is 11.3 Å². The Morgan fingerprint density at radius 3 is 2.73 bits per heavy atom. The van der Waals surface area contributed by atoms with Gasteiger partial charge in [-0.15, -0.1) is 11.3 Å². The van der Waals surface area contributed by atoms with Gasteiger partial charge in [0.1, 0.15) is 5.69 Å². The number of thiazole rings is 1. The molecule has 7 heteroatoms. The smallest absolute Gasteiger partial charge is 0.296 e. The summed E-state index contributed by atoms with van der Waals surface area (Å²) in [6, 6.07) is 0. The highest BCUT2D eigenvalue weighted by molar-refractivity contribution is 7.10. The number of aryl methyl sites for hydroxylation is 2. The van der Waals surface area contributed by atoms with E-state index in [2.05, 4.69) is 40.9 Å². The van der Waals surface area contributed by atoms with E-state index in [0.29, 0.717) is 29.3 Å². The van der Waals surface area contributed by atoms with Crippen molar-refractivity contribution in [2.24, 2.45) is 0 Å². The number of oxazole rings is 1. The van der Waals surface area contributed by atoms with E-state index in [-0.39, 0.29) is 0 Å². The molecule has 116 valence electrons. The maximum Gasteiger partial charge on any atom is 0.296 e. The van der Waals surface area contributed by atoms with Gasteiger partial charge in [-0.3, -0.25) is 0 Å².